The third-order valence-corrected chi connectivity index (χ3v) is 3.03. The first kappa shape index (κ1) is 15.7. The van der Waals surface area contributed by atoms with Gasteiger partial charge in [0.1, 0.15) is 0 Å². The van der Waals surface area contributed by atoms with Gasteiger partial charge >= 0.3 is 0 Å². The maximum absolute atomic E-state index is 13.1. The quantitative estimate of drug-likeness (QED) is 0.863. The predicted octanol–water partition coefficient (Wildman–Crippen LogP) is 3.11. The summed E-state index contributed by atoms with van der Waals surface area (Å²) < 4.78 is 56.9. The number of hydrogen-bond acceptors (Lipinski definition) is 4. The second-order valence-electron chi connectivity index (χ2n) is 4.58. The summed E-state index contributed by atoms with van der Waals surface area (Å²) in [7, 11) is 0. The Morgan fingerprint density at radius 1 is 1.24 bits per heavy atom. The molecule has 1 aromatic carbocycles. The van der Waals surface area contributed by atoms with Crippen molar-refractivity contribution in [3.63, 3.8) is 0 Å². The zero-order valence-corrected chi connectivity index (χ0v) is 11.3. The molecule has 1 N–H and O–H groups in total. The summed E-state index contributed by atoms with van der Waals surface area (Å²) in [5, 5.41) is 6.16. The molecule has 21 heavy (non-hydrogen) atoms. The van der Waals surface area contributed by atoms with Crippen LogP contribution in [0.3, 0.4) is 0 Å². The normalized spacial score (nSPS) is 20.3. The van der Waals surface area contributed by atoms with E-state index in [9.17, 15) is 17.6 Å². The van der Waals surface area contributed by atoms with Crippen LogP contribution in [0.2, 0.25) is 0 Å². The average molecular weight is 324 g/mol. The number of hydrogen-bond donors (Lipinski definition) is 1. The van der Waals surface area contributed by atoms with E-state index >= 15 is 0 Å². The lowest BCUT2D eigenvalue weighted by molar-refractivity contribution is 0.0200. The predicted molar refractivity (Wildman–Crippen MR) is 67.2 cm³/mol. The number of nitrogens with zero attached hydrogens (tertiary/aromatic N) is 2. The summed E-state index contributed by atoms with van der Waals surface area (Å²) in [5.41, 5.74) is 0.212. The van der Waals surface area contributed by atoms with E-state index in [1.165, 1.54) is 6.07 Å². The number of rotatable bonds is 2. The van der Waals surface area contributed by atoms with Crippen molar-refractivity contribution in [2.45, 2.75) is 18.4 Å². The molecule has 114 valence electrons. The Morgan fingerprint density at radius 2 is 2.00 bits per heavy atom. The molecule has 1 fully saturated rings. The van der Waals surface area contributed by atoms with Gasteiger partial charge in [-0.2, -0.15) is 4.98 Å². The topological polar surface area (TPSA) is 51.0 Å². The number of benzene rings is 1. The Hall–Kier alpha value is -1.67. The van der Waals surface area contributed by atoms with Gasteiger partial charge in [-0.1, -0.05) is 5.16 Å². The van der Waals surface area contributed by atoms with Crippen LogP contribution in [0.5, 0.6) is 0 Å². The van der Waals surface area contributed by atoms with Crippen molar-refractivity contribution < 1.29 is 22.1 Å². The highest BCUT2D eigenvalue weighted by atomic mass is 35.5. The van der Waals surface area contributed by atoms with Gasteiger partial charge in [-0.25, -0.2) is 17.6 Å². The second kappa shape index (κ2) is 5.61. The van der Waals surface area contributed by atoms with Crippen LogP contribution in [-0.4, -0.2) is 22.6 Å². The SMILES string of the molecule is Cl.Fc1ccc(-c2noc(C3CC(F)(F)CN3)n2)cc1F. The van der Waals surface area contributed by atoms with E-state index in [1.54, 1.807) is 0 Å². The highest BCUT2D eigenvalue weighted by Crippen LogP contribution is 2.33. The highest BCUT2D eigenvalue weighted by molar-refractivity contribution is 5.85. The van der Waals surface area contributed by atoms with Crippen molar-refractivity contribution in [3.8, 4) is 11.4 Å². The van der Waals surface area contributed by atoms with Crippen molar-refractivity contribution >= 4 is 12.4 Å². The summed E-state index contributed by atoms with van der Waals surface area (Å²) in [6, 6.07) is 2.39. The molecule has 4 nitrogen and oxygen atoms in total. The molecule has 0 aliphatic carbocycles. The Kier molecular flexibility index (Phi) is 4.20. The standard InChI is InChI=1S/C12H9F4N3O.ClH/c13-7-2-1-6(3-8(7)14)10-18-11(20-19-10)9-4-12(15,16)5-17-9;/h1-3,9,17H,4-5H2;1H. The van der Waals surface area contributed by atoms with Crippen LogP contribution in [0.1, 0.15) is 18.4 Å². The molecule has 1 atom stereocenters. The summed E-state index contributed by atoms with van der Waals surface area (Å²) in [4.78, 5) is 3.94. The third kappa shape index (κ3) is 3.16. The van der Waals surface area contributed by atoms with Gasteiger partial charge in [0.05, 0.1) is 12.6 Å². The molecule has 1 aromatic heterocycles. The van der Waals surface area contributed by atoms with Gasteiger partial charge in [-0.3, -0.25) is 5.32 Å². The molecule has 1 aliphatic heterocycles. The van der Waals surface area contributed by atoms with Crippen molar-refractivity contribution in [1.29, 1.82) is 0 Å². The molecule has 1 saturated heterocycles. The Bertz CT molecular complexity index is 649. The van der Waals surface area contributed by atoms with Crippen LogP contribution in [-0.2, 0) is 0 Å². The number of aromatic nitrogens is 2. The van der Waals surface area contributed by atoms with E-state index in [1.807, 2.05) is 0 Å². The second-order valence-corrected chi connectivity index (χ2v) is 4.58. The zero-order valence-electron chi connectivity index (χ0n) is 10.4. The lowest BCUT2D eigenvalue weighted by atomic mass is 10.2. The number of alkyl halides is 2. The third-order valence-electron chi connectivity index (χ3n) is 3.03. The van der Waals surface area contributed by atoms with Crippen LogP contribution in [0.15, 0.2) is 22.7 Å². The van der Waals surface area contributed by atoms with Gasteiger partial charge in [0.15, 0.2) is 11.6 Å². The summed E-state index contributed by atoms with van der Waals surface area (Å²) >= 11 is 0. The first-order valence-corrected chi connectivity index (χ1v) is 5.85. The van der Waals surface area contributed by atoms with Crippen LogP contribution in [0.25, 0.3) is 11.4 Å². The molecule has 0 bridgehead atoms. The molecular weight excluding hydrogens is 314 g/mol. The van der Waals surface area contributed by atoms with Crippen LogP contribution < -0.4 is 5.32 Å². The average Bonchev–Trinajstić information content (AvgIpc) is 2.99. The number of nitrogens with one attached hydrogen (secondary N) is 1. The molecular formula is C12H10ClF4N3O. The van der Waals surface area contributed by atoms with Crippen LogP contribution >= 0.6 is 12.4 Å². The van der Waals surface area contributed by atoms with Gasteiger partial charge < -0.3 is 4.52 Å². The lowest BCUT2D eigenvalue weighted by Crippen LogP contribution is -2.19. The first-order valence-electron chi connectivity index (χ1n) is 5.85. The molecule has 9 heteroatoms. The van der Waals surface area contributed by atoms with E-state index in [2.05, 4.69) is 15.5 Å². The summed E-state index contributed by atoms with van der Waals surface area (Å²) in [5.74, 6) is -4.83. The molecule has 0 saturated carbocycles. The van der Waals surface area contributed by atoms with Gasteiger partial charge in [-0.15, -0.1) is 12.4 Å². The Labute approximate surface area is 122 Å². The minimum absolute atomic E-state index is 0. The van der Waals surface area contributed by atoms with E-state index < -0.39 is 36.6 Å². The number of halogens is 5. The van der Waals surface area contributed by atoms with E-state index in [0.717, 1.165) is 12.1 Å². The molecule has 2 aromatic rings. The van der Waals surface area contributed by atoms with Crippen molar-refractivity contribution in [2.24, 2.45) is 0 Å². The molecule has 0 radical (unpaired) electrons. The monoisotopic (exact) mass is 323 g/mol. The van der Waals surface area contributed by atoms with Crippen molar-refractivity contribution in [3.05, 3.63) is 35.7 Å². The van der Waals surface area contributed by atoms with E-state index in [4.69, 9.17) is 4.52 Å². The fourth-order valence-electron chi connectivity index (χ4n) is 2.02. The van der Waals surface area contributed by atoms with Gasteiger partial charge in [0, 0.05) is 12.0 Å². The van der Waals surface area contributed by atoms with E-state index in [-0.39, 0.29) is 29.7 Å². The summed E-state index contributed by atoms with van der Waals surface area (Å²) in [6.07, 6.45) is -0.438. The molecule has 0 spiro atoms. The maximum Gasteiger partial charge on any atom is 0.262 e. The minimum Gasteiger partial charge on any atom is -0.337 e. The molecule has 3 rings (SSSR count). The lowest BCUT2D eigenvalue weighted by Gasteiger charge is -2.04. The summed E-state index contributed by atoms with van der Waals surface area (Å²) in [6.45, 7) is -0.458. The molecule has 2 heterocycles. The van der Waals surface area contributed by atoms with Crippen LogP contribution in [0, 0.1) is 11.6 Å². The van der Waals surface area contributed by atoms with Gasteiger partial charge in [0.2, 0.25) is 11.7 Å². The minimum atomic E-state index is -2.82. The van der Waals surface area contributed by atoms with E-state index in [0.29, 0.717) is 0 Å². The first-order chi connectivity index (χ1) is 9.44. The molecule has 0 amide bonds. The van der Waals surface area contributed by atoms with Crippen LogP contribution in [0.4, 0.5) is 17.6 Å². The van der Waals surface area contributed by atoms with Gasteiger partial charge in [-0.05, 0) is 18.2 Å². The zero-order chi connectivity index (χ0) is 14.3. The highest BCUT2D eigenvalue weighted by Gasteiger charge is 2.42. The fraction of sp³-hybridized carbons (Fsp3) is 0.333. The van der Waals surface area contributed by atoms with Crippen molar-refractivity contribution in [2.75, 3.05) is 6.54 Å². The Morgan fingerprint density at radius 3 is 2.62 bits per heavy atom. The molecule has 1 aliphatic rings. The largest absolute Gasteiger partial charge is 0.337 e. The smallest absolute Gasteiger partial charge is 0.262 e. The molecule has 1 unspecified atom stereocenters. The Balaban J connectivity index is 0.00000161. The maximum atomic E-state index is 13.1. The van der Waals surface area contributed by atoms with Crippen molar-refractivity contribution in [1.82, 2.24) is 15.5 Å². The fourth-order valence-corrected chi connectivity index (χ4v) is 2.02. The van der Waals surface area contributed by atoms with Gasteiger partial charge in [0.25, 0.3) is 5.92 Å².